The van der Waals surface area contributed by atoms with Crippen LogP contribution in [0.25, 0.3) is 0 Å². The highest BCUT2D eigenvalue weighted by Crippen LogP contribution is 1.91. The Morgan fingerprint density at radius 2 is 1.61 bits per heavy atom. The number of hydrogen-bond acceptors (Lipinski definition) is 6. The molecule has 1 atom stereocenters. The number of Topliss-reactive ketones (excluding diaryl/α,β-unsaturated/α-hetero) is 1. The van der Waals surface area contributed by atoms with Gasteiger partial charge in [-0.1, -0.05) is 0 Å². The number of carbonyl (C=O) groups excluding carboxylic acids is 3. The quantitative estimate of drug-likeness (QED) is 0.527. The van der Waals surface area contributed by atoms with Gasteiger partial charge in [-0.25, -0.2) is 4.79 Å². The van der Waals surface area contributed by atoms with E-state index in [4.69, 9.17) is 9.47 Å². The van der Waals surface area contributed by atoms with Gasteiger partial charge in [0.25, 0.3) is 0 Å². The molecule has 0 bridgehead atoms. The van der Waals surface area contributed by atoms with Gasteiger partial charge in [-0.15, -0.1) is 0 Å². The molecule has 0 aromatic carbocycles. The Bertz CT molecular complexity index is 261. The van der Waals surface area contributed by atoms with Crippen molar-refractivity contribution in [2.75, 3.05) is 19.8 Å². The molecule has 106 valence electrons. The summed E-state index contributed by atoms with van der Waals surface area (Å²) in [6, 6.07) is 0. The molecule has 0 spiro atoms. The molecule has 0 amide bonds. The molecule has 0 rings (SSSR count). The number of hydrogen-bond donors (Lipinski definition) is 0. The van der Waals surface area contributed by atoms with Crippen LogP contribution in [0.3, 0.4) is 0 Å². The highest BCUT2D eigenvalue weighted by molar-refractivity contribution is 6.32. The van der Waals surface area contributed by atoms with Crippen molar-refractivity contribution < 1.29 is 28.6 Å². The minimum Gasteiger partial charge on any atom is -0.460 e. The topological polar surface area (TPSA) is 78.9 Å². The first kappa shape index (κ1) is 18.9. The van der Waals surface area contributed by atoms with Gasteiger partial charge in [0.1, 0.15) is 6.10 Å². The van der Waals surface area contributed by atoms with Gasteiger partial charge < -0.3 is 14.2 Å². The summed E-state index contributed by atoms with van der Waals surface area (Å²) in [4.78, 5) is 30.6. The predicted molar refractivity (Wildman–Crippen MR) is 65.0 cm³/mol. The molecule has 0 saturated heterocycles. The SMILES string of the molecule is CCOC(=O)C(C)=O.CCOCC(C)OC(C)=O. The van der Waals surface area contributed by atoms with Gasteiger partial charge >= 0.3 is 11.9 Å². The summed E-state index contributed by atoms with van der Waals surface area (Å²) in [6.45, 7) is 9.33. The molecule has 0 heterocycles. The van der Waals surface area contributed by atoms with Crippen LogP contribution in [0.2, 0.25) is 0 Å². The van der Waals surface area contributed by atoms with E-state index in [2.05, 4.69) is 4.74 Å². The highest BCUT2D eigenvalue weighted by atomic mass is 16.6. The van der Waals surface area contributed by atoms with Crippen LogP contribution in [0.1, 0.15) is 34.6 Å². The van der Waals surface area contributed by atoms with Gasteiger partial charge in [-0.05, 0) is 20.8 Å². The predicted octanol–water partition coefficient (Wildman–Crippen LogP) is 1.11. The van der Waals surface area contributed by atoms with E-state index in [0.29, 0.717) is 13.2 Å². The molecule has 1 unspecified atom stereocenters. The molecular formula is C12H22O6. The maximum absolute atomic E-state index is 10.3. The van der Waals surface area contributed by atoms with Crippen molar-refractivity contribution in [2.45, 2.75) is 40.7 Å². The smallest absolute Gasteiger partial charge is 0.374 e. The van der Waals surface area contributed by atoms with E-state index in [0.717, 1.165) is 0 Å². The first-order valence-electron chi connectivity index (χ1n) is 5.77. The van der Waals surface area contributed by atoms with E-state index in [9.17, 15) is 14.4 Å². The Hall–Kier alpha value is -1.43. The Balaban J connectivity index is 0. The van der Waals surface area contributed by atoms with E-state index in [-0.39, 0.29) is 18.7 Å². The van der Waals surface area contributed by atoms with Crippen molar-refractivity contribution in [3.8, 4) is 0 Å². The van der Waals surface area contributed by atoms with Gasteiger partial charge in [0.2, 0.25) is 5.78 Å². The lowest BCUT2D eigenvalue weighted by Gasteiger charge is -2.10. The Kier molecular flexibility index (Phi) is 12.7. The zero-order valence-electron chi connectivity index (χ0n) is 11.6. The minimum atomic E-state index is -0.757. The summed E-state index contributed by atoms with van der Waals surface area (Å²) in [6.07, 6.45) is -0.127. The first-order chi connectivity index (χ1) is 8.34. The fraction of sp³-hybridized carbons (Fsp3) is 0.750. The largest absolute Gasteiger partial charge is 0.460 e. The molecule has 0 radical (unpaired) electrons. The molecule has 0 aromatic heterocycles. The molecule has 18 heavy (non-hydrogen) atoms. The van der Waals surface area contributed by atoms with Gasteiger partial charge in [-0.3, -0.25) is 9.59 Å². The maximum atomic E-state index is 10.3. The second-order valence-corrected chi connectivity index (χ2v) is 3.36. The van der Waals surface area contributed by atoms with Crippen LogP contribution in [0.15, 0.2) is 0 Å². The molecule has 0 aliphatic carbocycles. The van der Waals surface area contributed by atoms with Crippen molar-refractivity contribution in [1.29, 1.82) is 0 Å². The van der Waals surface area contributed by atoms with Crippen LogP contribution in [0.5, 0.6) is 0 Å². The van der Waals surface area contributed by atoms with E-state index in [1.54, 1.807) is 13.8 Å². The molecule has 6 heteroatoms. The summed E-state index contributed by atoms with van der Waals surface area (Å²) in [5, 5.41) is 0. The van der Waals surface area contributed by atoms with Crippen LogP contribution in [-0.2, 0) is 28.6 Å². The second kappa shape index (κ2) is 12.0. The maximum Gasteiger partial charge on any atom is 0.374 e. The lowest BCUT2D eigenvalue weighted by Crippen LogP contribution is -2.18. The van der Waals surface area contributed by atoms with Crippen molar-refractivity contribution in [1.82, 2.24) is 0 Å². The fourth-order valence-electron chi connectivity index (χ4n) is 0.834. The molecule has 0 aliphatic heterocycles. The van der Waals surface area contributed by atoms with E-state index in [1.807, 2.05) is 6.92 Å². The van der Waals surface area contributed by atoms with Crippen LogP contribution in [0.4, 0.5) is 0 Å². The lowest BCUT2D eigenvalue weighted by atomic mass is 10.4. The zero-order valence-corrected chi connectivity index (χ0v) is 11.6. The highest BCUT2D eigenvalue weighted by Gasteiger charge is 2.05. The summed E-state index contributed by atoms with van der Waals surface area (Å²) < 4.78 is 14.1. The third-order valence-corrected chi connectivity index (χ3v) is 1.49. The molecule has 0 aromatic rings. The monoisotopic (exact) mass is 262 g/mol. The number of esters is 2. The Morgan fingerprint density at radius 1 is 1.06 bits per heavy atom. The number of rotatable bonds is 6. The number of carbonyl (C=O) groups is 3. The average Bonchev–Trinajstić information content (AvgIpc) is 2.26. The fourth-order valence-corrected chi connectivity index (χ4v) is 0.834. The molecule has 0 N–H and O–H groups in total. The third kappa shape index (κ3) is 14.6. The first-order valence-corrected chi connectivity index (χ1v) is 5.77. The second-order valence-electron chi connectivity index (χ2n) is 3.36. The van der Waals surface area contributed by atoms with Crippen LogP contribution in [-0.4, -0.2) is 43.6 Å². The van der Waals surface area contributed by atoms with Gasteiger partial charge in [-0.2, -0.15) is 0 Å². The lowest BCUT2D eigenvalue weighted by molar-refractivity contribution is -0.152. The van der Waals surface area contributed by atoms with Crippen molar-refractivity contribution in [3.05, 3.63) is 0 Å². The molecule has 6 nitrogen and oxygen atoms in total. The molecular weight excluding hydrogens is 240 g/mol. The van der Waals surface area contributed by atoms with E-state index >= 15 is 0 Å². The normalized spacial score (nSPS) is 10.7. The van der Waals surface area contributed by atoms with Crippen molar-refractivity contribution >= 4 is 17.7 Å². The number of ketones is 1. The summed E-state index contributed by atoms with van der Waals surface area (Å²) >= 11 is 0. The van der Waals surface area contributed by atoms with Crippen molar-refractivity contribution in [3.63, 3.8) is 0 Å². The third-order valence-electron chi connectivity index (χ3n) is 1.49. The summed E-state index contributed by atoms with van der Waals surface area (Å²) in [5.41, 5.74) is 0. The standard InChI is InChI=1S/C7H14O3.C5H8O3/c1-4-9-5-6(2)10-7(3)8;1-3-8-5(7)4(2)6/h6H,4-5H2,1-3H3;3H2,1-2H3. The Morgan fingerprint density at radius 3 is 1.89 bits per heavy atom. The van der Waals surface area contributed by atoms with E-state index in [1.165, 1.54) is 13.8 Å². The minimum absolute atomic E-state index is 0.127. The average molecular weight is 262 g/mol. The van der Waals surface area contributed by atoms with Crippen molar-refractivity contribution in [2.24, 2.45) is 0 Å². The van der Waals surface area contributed by atoms with Crippen LogP contribution < -0.4 is 0 Å². The summed E-state index contributed by atoms with van der Waals surface area (Å²) in [7, 11) is 0. The van der Waals surface area contributed by atoms with E-state index < -0.39 is 11.8 Å². The van der Waals surface area contributed by atoms with Crippen LogP contribution in [0, 0.1) is 0 Å². The zero-order chi connectivity index (χ0) is 14.6. The summed E-state index contributed by atoms with van der Waals surface area (Å²) in [5.74, 6) is -1.56. The van der Waals surface area contributed by atoms with Gasteiger partial charge in [0.15, 0.2) is 0 Å². The molecule has 0 aliphatic rings. The Labute approximate surface area is 108 Å². The molecule has 0 saturated carbocycles. The van der Waals surface area contributed by atoms with Crippen LogP contribution >= 0.6 is 0 Å². The number of ether oxygens (including phenoxy) is 3. The van der Waals surface area contributed by atoms with Gasteiger partial charge in [0.05, 0.1) is 13.2 Å². The molecule has 0 fully saturated rings. The van der Waals surface area contributed by atoms with Gasteiger partial charge in [0, 0.05) is 20.5 Å².